The Hall–Kier alpha value is -2.92. The van der Waals surface area contributed by atoms with Crippen molar-refractivity contribution in [3.8, 4) is 5.75 Å². The molecule has 2 aliphatic rings. The van der Waals surface area contributed by atoms with Crippen molar-refractivity contribution < 1.29 is 31.4 Å². The number of rotatable bonds is 3. The van der Waals surface area contributed by atoms with E-state index in [9.17, 15) is 22.0 Å². The van der Waals surface area contributed by atoms with Gasteiger partial charge in [-0.2, -0.15) is 17.6 Å². The lowest BCUT2D eigenvalue weighted by atomic mass is 9.93. The first-order valence-electron chi connectivity index (χ1n) is 10.5. The van der Waals surface area contributed by atoms with Crippen LogP contribution in [0.4, 0.5) is 27.6 Å². The Bertz CT molecular complexity index is 1180. The van der Waals surface area contributed by atoms with Gasteiger partial charge in [0, 0.05) is 36.2 Å². The van der Waals surface area contributed by atoms with Crippen LogP contribution in [0.1, 0.15) is 24.2 Å². The van der Waals surface area contributed by atoms with Crippen LogP contribution in [-0.2, 0) is 10.9 Å². The number of fused-ring (bicyclic) bond motifs is 2. The van der Waals surface area contributed by atoms with Gasteiger partial charge in [0.25, 0.3) is 0 Å². The van der Waals surface area contributed by atoms with E-state index in [-0.39, 0.29) is 35.5 Å². The van der Waals surface area contributed by atoms with Crippen molar-refractivity contribution in [2.75, 3.05) is 31.6 Å². The molecule has 6 nitrogen and oxygen atoms in total. The molecule has 2 aromatic heterocycles. The van der Waals surface area contributed by atoms with Gasteiger partial charge in [0.1, 0.15) is 29.5 Å². The number of ether oxygens (including phenoxy) is 2. The maximum absolute atomic E-state index is 14.3. The lowest BCUT2D eigenvalue weighted by Crippen LogP contribution is -2.54. The van der Waals surface area contributed by atoms with Crippen molar-refractivity contribution in [3.05, 3.63) is 53.4 Å². The summed E-state index contributed by atoms with van der Waals surface area (Å²) in [6.45, 7) is 3.92. The topological polar surface area (TPSA) is 62.4 Å². The molecule has 5 rings (SSSR count). The summed E-state index contributed by atoms with van der Waals surface area (Å²) in [7, 11) is 0. The molecule has 1 fully saturated rings. The molecule has 0 unspecified atom stereocenters. The lowest BCUT2D eigenvalue weighted by molar-refractivity contribution is -0.140. The van der Waals surface area contributed by atoms with Crippen LogP contribution in [0.5, 0.6) is 5.75 Å². The Balaban J connectivity index is 1.58. The van der Waals surface area contributed by atoms with E-state index in [4.69, 9.17) is 9.47 Å². The zero-order valence-electron chi connectivity index (χ0n) is 17.5. The third-order valence-electron chi connectivity index (χ3n) is 6.03. The van der Waals surface area contributed by atoms with Gasteiger partial charge in [-0.1, -0.05) is 6.07 Å². The molecular weight excluding hydrogens is 447 g/mol. The fourth-order valence-electron chi connectivity index (χ4n) is 4.52. The van der Waals surface area contributed by atoms with E-state index in [0.29, 0.717) is 31.0 Å². The monoisotopic (exact) mass is 468 g/mol. The van der Waals surface area contributed by atoms with Crippen LogP contribution in [0.15, 0.2) is 30.3 Å². The molecule has 3 atom stereocenters. The van der Waals surface area contributed by atoms with E-state index in [1.165, 1.54) is 12.1 Å². The molecule has 0 spiro atoms. The van der Waals surface area contributed by atoms with Crippen molar-refractivity contribution in [3.63, 3.8) is 0 Å². The minimum Gasteiger partial charge on any atom is -0.491 e. The third-order valence-corrected chi connectivity index (χ3v) is 6.03. The maximum Gasteiger partial charge on any atom is 0.431 e. The van der Waals surface area contributed by atoms with Gasteiger partial charge in [0.15, 0.2) is 0 Å². The third kappa shape index (κ3) is 4.22. The van der Waals surface area contributed by atoms with Crippen molar-refractivity contribution >= 4 is 16.7 Å². The van der Waals surface area contributed by atoms with Crippen LogP contribution >= 0.6 is 0 Å². The smallest absolute Gasteiger partial charge is 0.431 e. The quantitative estimate of drug-likeness (QED) is 0.438. The number of pyridine rings is 1. The van der Waals surface area contributed by atoms with E-state index in [1.807, 2.05) is 6.92 Å². The van der Waals surface area contributed by atoms with Gasteiger partial charge < -0.3 is 19.8 Å². The molecule has 2 aliphatic heterocycles. The van der Waals surface area contributed by atoms with Gasteiger partial charge in [0.05, 0.1) is 30.5 Å². The molecule has 0 bridgehead atoms. The Morgan fingerprint density at radius 1 is 1.18 bits per heavy atom. The zero-order chi connectivity index (χ0) is 23.3. The highest BCUT2D eigenvalue weighted by Gasteiger charge is 2.38. The average Bonchev–Trinajstić information content (AvgIpc) is 3.18. The highest BCUT2D eigenvalue weighted by Crippen LogP contribution is 2.40. The molecule has 176 valence electrons. The van der Waals surface area contributed by atoms with Crippen LogP contribution in [0.3, 0.4) is 0 Å². The zero-order valence-corrected chi connectivity index (χ0v) is 17.5. The number of aromatic amines is 1. The molecule has 1 saturated heterocycles. The highest BCUT2D eigenvalue weighted by atomic mass is 19.4. The van der Waals surface area contributed by atoms with E-state index < -0.39 is 29.7 Å². The summed E-state index contributed by atoms with van der Waals surface area (Å²) in [5.74, 6) is -1.06. The second-order valence-corrected chi connectivity index (χ2v) is 8.29. The van der Waals surface area contributed by atoms with Gasteiger partial charge in [-0.25, -0.2) is 9.37 Å². The van der Waals surface area contributed by atoms with Crippen LogP contribution in [0.25, 0.3) is 11.0 Å². The first kappa shape index (κ1) is 21.9. The summed E-state index contributed by atoms with van der Waals surface area (Å²) in [5.41, 5.74) is -0.458. The molecule has 0 amide bonds. The number of hydrogen-bond acceptors (Lipinski definition) is 5. The second kappa shape index (κ2) is 8.14. The molecule has 1 aromatic carbocycles. The summed E-state index contributed by atoms with van der Waals surface area (Å²) in [4.78, 5) is 7.88. The molecule has 2 N–H and O–H groups in total. The Morgan fingerprint density at radius 3 is 2.76 bits per heavy atom. The van der Waals surface area contributed by atoms with Gasteiger partial charge in [-0.15, -0.1) is 0 Å². The Labute approximate surface area is 185 Å². The second-order valence-electron chi connectivity index (χ2n) is 8.29. The Kier molecular flexibility index (Phi) is 5.40. The van der Waals surface area contributed by atoms with E-state index in [1.54, 1.807) is 6.07 Å². The predicted molar refractivity (Wildman–Crippen MR) is 110 cm³/mol. The summed E-state index contributed by atoms with van der Waals surface area (Å²) >= 11 is 0. The molecule has 0 saturated carbocycles. The Morgan fingerprint density at radius 2 is 2.00 bits per heavy atom. The highest BCUT2D eigenvalue weighted by molar-refractivity contribution is 5.90. The van der Waals surface area contributed by atoms with Crippen molar-refractivity contribution in [1.82, 2.24) is 14.9 Å². The van der Waals surface area contributed by atoms with Crippen LogP contribution < -0.4 is 10.1 Å². The largest absolute Gasteiger partial charge is 0.491 e. The SMILES string of the molecule is C[C@@H]1CN([C@H]2COc3cc(F)ccc3[C@@H]2Nc2cc(F)nc3[nH]c(C(F)(F)F)cc23)CCO1. The summed E-state index contributed by atoms with van der Waals surface area (Å²) < 4.78 is 79.3. The van der Waals surface area contributed by atoms with E-state index in [0.717, 1.165) is 12.1 Å². The number of H-pyrrole nitrogens is 1. The number of nitrogens with one attached hydrogen (secondary N) is 2. The van der Waals surface area contributed by atoms with Gasteiger partial charge >= 0.3 is 6.18 Å². The first-order valence-corrected chi connectivity index (χ1v) is 10.5. The van der Waals surface area contributed by atoms with E-state index in [2.05, 4.69) is 20.2 Å². The number of morpholine rings is 1. The first-order chi connectivity index (χ1) is 15.7. The molecule has 33 heavy (non-hydrogen) atoms. The molecule has 11 heteroatoms. The number of alkyl halides is 3. The average molecular weight is 468 g/mol. The van der Waals surface area contributed by atoms with Crippen LogP contribution in [0, 0.1) is 11.8 Å². The molecule has 3 aromatic rings. The molecular formula is C22H21F5N4O2. The number of anilines is 1. The van der Waals surface area contributed by atoms with Crippen LogP contribution in [-0.4, -0.2) is 53.3 Å². The molecule has 4 heterocycles. The standard InChI is InChI=1S/C22H21F5N4O2/c1-11-9-31(4-5-32-11)16-10-33-17-6-12(23)2-3-13(17)20(16)28-15-8-19(24)30-21-14(15)7-18(29-21)22(25,26)27/h2-3,6-8,11,16,20H,4-5,9-10H2,1H3,(H2,28,29,30)/t11-,16+,20+/m1/s1. The predicted octanol–water partition coefficient (Wildman–Crippen LogP) is 4.49. The van der Waals surface area contributed by atoms with Gasteiger partial charge in [-0.3, -0.25) is 4.90 Å². The van der Waals surface area contributed by atoms with Gasteiger partial charge in [-0.05, 0) is 19.1 Å². The number of halogens is 5. The van der Waals surface area contributed by atoms with Crippen molar-refractivity contribution in [2.45, 2.75) is 31.3 Å². The maximum atomic E-state index is 14.3. The van der Waals surface area contributed by atoms with Gasteiger partial charge in [0.2, 0.25) is 5.95 Å². The molecule has 0 aliphatic carbocycles. The number of aromatic nitrogens is 2. The lowest BCUT2D eigenvalue weighted by Gasteiger charge is -2.44. The summed E-state index contributed by atoms with van der Waals surface area (Å²) in [6, 6.07) is 5.35. The van der Waals surface area contributed by atoms with E-state index >= 15 is 0 Å². The minimum absolute atomic E-state index is 0.0156. The fraction of sp³-hybridized carbons (Fsp3) is 0.409. The normalized spacial score (nSPS) is 23.9. The summed E-state index contributed by atoms with van der Waals surface area (Å²) in [6.07, 6.45) is -4.65. The fourth-order valence-corrected chi connectivity index (χ4v) is 4.52. The summed E-state index contributed by atoms with van der Waals surface area (Å²) in [5, 5.41) is 3.32. The number of benzene rings is 1. The number of hydrogen-bond donors (Lipinski definition) is 2. The van der Waals surface area contributed by atoms with Crippen molar-refractivity contribution in [1.29, 1.82) is 0 Å². The molecule has 0 radical (unpaired) electrons. The van der Waals surface area contributed by atoms with Crippen LogP contribution in [0.2, 0.25) is 0 Å². The number of nitrogens with zero attached hydrogens (tertiary/aromatic N) is 2. The minimum atomic E-state index is -4.64. The van der Waals surface area contributed by atoms with Crippen molar-refractivity contribution in [2.24, 2.45) is 0 Å².